The predicted molar refractivity (Wildman–Crippen MR) is 74.9 cm³/mol. The number of rotatable bonds is 3. The Bertz CT molecular complexity index is 579. The smallest absolute Gasteiger partial charge is 0.0922 e. The zero-order valence-electron chi connectivity index (χ0n) is 11.0. The highest BCUT2D eigenvalue weighted by Crippen LogP contribution is 2.34. The quantitative estimate of drug-likeness (QED) is 0.892. The van der Waals surface area contributed by atoms with E-state index in [9.17, 15) is 5.11 Å². The van der Waals surface area contributed by atoms with E-state index in [1.54, 1.807) is 0 Å². The van der Waals surface area contributed by atoms with Gasteiger partial charge >= 0.3 is 0 Å². The lowest BCUT2D eigenvalue weighted by atomic mass is 9.96. The molecule has 2 aromatic rings. The van der Waals surface area contributed by atoms with Gasteiger partial charge in [0, 0.05) is 6.54 Å². The molecular weight excluding hydrogens is 222 g/mol. The first-order chi connectivity index (χ1) is 8.66. The summed E-state index contributed by atoms with van der Waals surface area (Å²) >= 11 is 0. The van der Waals surface area contributed by atoms with Crippen LogP contribution in [0.3, 0.4) is 0 Å². The molecule has 0 saturated carbocycles. The highest BCUT2D eigenvalue weighted by Gasteiger charge is 2.19. The van der Waals surface area contributed by atoms with Crippen molar-refractivity contribution < 1.29 is 5.11 Å². The molecule has 2 heteroatoms. The molecule has 0 bridgehead atoms. The van der Waals surface area contributed by atoms with Crippen LogP contribution in [0.5, 0.6) is 0 Å². The average molecular weight is 241 g/mol. The molecular formula is C16H19NO. The molecule has 1 aliphatic rings. The van der Waals surface area contributed by atoms with Crippen molar-refractivity contribution >= 4 is 10.8 Å². The maximum Gasteiger partial charge on any atom is 0.0922 e. The van der Waals surface area contributed by atoms with Crippen molar-refractivity contribution in [3.63, 3.8) is 0 Å². The molecule has 1 aliphatic carbocycles. The van der Waals surface area contributed by atoms with Gasteiger partial charge in [0.15, 0.2) is 0 Å². The van der Waals surface area contributed by atoms with E-state index in [4.69, 9.17) is 0 Å². The molecule has 3 rings (SSSR count). The van der Waals surface area contributed by atoms with Crippen molar-refractivity contribution in [2.24, 2.45) is 0 Å². The minimum absolute atomic E-state index is 0.412. The van der Waals surface area contributed by atoms with Gasteiger partial charge in [0.25, 0.3) is 0 Å². The van der Waals surface area contributed by atoms with E-state index in [0.717, 1.165) is 18.4 Å². The fourth-order valence-corrected chi connectivity index (χ4v) is 3.00. The van der Waals surface area contributed by atoms with Gasteiger partial charge in [0.05, 0.1) is 6.10 Å². The average Bonchev–Trinajstić information content (AvgIpc) is 2.74. The number of hydrogen-bond donors (Lipinski definition) is 1. The molecule has 18 heavy (non-hydrogen) atoms. The van der Waals surface area contributed by atoms with Crippen LogP contribution in [0.25, 0.3) is 10.8 Å². The summed E-state index contributed by atoms with van der Waals surface area (Å²) in [5.74, 6) is 0. The van der Waals surface area contributed by atoms with Gasteiger partial charge in [-0.1, -0.05) is 30.3 Å². The number of likely N-dealkylation sites (N-methyl/N-ethyl adjacent to an activating group) is 1. The molecule has 0 spiro atoms. The normalized spacial score (nSPS) is 15.6. The minimum Gasteiger partial charge on any atom is -0.387 e. The lowest BCUT2D eigenvalue weighted by molar-refractivity contribution is 0.140. The molecule has 0 fully saturated rings. The molecule has 1 unspecified atom stereocenters. The first-order valence-corrected chi connectivity index (χ1v) is 6.53. The Labute approximate surface area is 108 Å². The Kier molecular flexibility index (Phi) is 2.84. The van der Waals surface area contributed by atoms with E-state index in [-0.39, 0.29) is 0 Å². The molecule has 0 amide bonds. The maximum atomic E-state index is 10.3. The topological polar surface area (TPSA) is 23.5 Å². The van der Waals surface area contributed by atoms with Crippen molar-refractivity contribution in [1.29, 1.82) is 0 Å². The van der Waals surface area contributed by atoms with Crippen LogP contribution < -0.4 is 0 Å². The van der Waals surface area contributed by atoms with Crippen LogP contribution in [0.15, 0.2) is 30.3 Å². The van der Waals surface area contributed by atoms with Crippen LogP contribution >= 0.6 is 0 Å². The third kappa shape index (κ3) is 1.82. The van der Waals surface area contributed by atoms with Crippen LogP contribution in [0.2, 0.25) is 0 Å². The minimum atomic E-state index is -0.412. The van der Waals surface area contributed by atoms with E-state index in [2.05, 4.69) is 30.3 Å². The summed E-state index contributed by atoms with van der Waals surface area (Å²) in [6, 6.07) is 10.7. The second kappa shape index (κ2) is 4.38. The van der Waals surface area contributed by atoms with E-state index in [0.29, 0.717) is 6.54 Å². The highest BCUT2D eigenvalue weighted by molar-refractivity contribution is 5.93. The van der Waals surface area contributed by atoms with Gasteiger partial charge in [-0.25, -0.2) is 0 Å². The van der Waals surface area contributed by atoms with Crippen molar-refractivity contribution in [2.75, 3.05) is 20.6 Å². The largest absolute Gasteiger partial charge is 0.387 e. The van der Waals surface area contributed by atoms with Gasteiger partial charge in [0.2, 0.25) is 0 Å². The van der Waals surface area contributed by atoms with Crippen LogP contribution in [0.1, 0.15) is 22.8 Å². The lowest BCUT2D eigenvalue weighted by Gasteiger charge is -2.18. The SMILES string of the molecule is CN(C)CC(O)c1ccc2c3c(cccc13)CC2. The van der Waals surface area contributed by atoms with Crippen LogP contribution in [-0.2, 0) is 12.8 Å². The Morgan fingerprint density at radius 2 is 1.83 bits per heavy atom. The van der Waals surface area contributed by atoms with E-state index >= 15 is 0 Å². The number of nitrogens with zero attached hydrogens (tertiary/aromatic N) is 1. The summed E-state index contributed by atoms with van der Waals surface area (Å²) in [6.07, 6.45) is 1.87. The molecule has 1 atom stereocenters. The molecule has 94 valence electrons. The van der Waals surface area contributed by atoms with E-state index in [1.807, 2.05) is 19.0 Å². The molecule has 0 heterocycles. The summed E-state index contributed by atoms with van der Waals surface area (Å²) in [5, 5.41) is 13.0. The number of aliphatic hydroxyl groups is 1. The summed E-state index contributed by atoms with van der Waals surface area (Å²) in [6.45, 7) is 0.665. The standard InChI is InChI=1S/C16H19NO/c1-17(2)10-15(18)13-9-8-12-7-6-11-4-3-5-14(13)16(11)12/h3-5,8-9,15,18H,6-7,10H2,1-2H3. The fourth-order valence-electron chi connectivity index (χ4n) is 3.00. The van der Waals surface area contributed by atoms with Crippen molar-refractivity contribution in [1.82, 2.24) is 4.90 Å². The second-order valence-corrected chi connectivity index (χ2v) is 5.43. The van der Waals surface area contributed by atoms with Crippen LogP contribution in [0, 0.1) is 0 Å². The predicted octanol–water partition coefficient (Wildman–Crippen LogP) is 2.53. The van der Waals surface area contributed by atoms with Crippen molar-refractivity contribution in [2.45, 2.75) is 18.9 Å². The molecule has 2 aromatic carbocycles. The first-order valence-electron chi connectivity index (χ1n) is 6.53. The van der Waals surface area contributed by atoms with E-state index < -0.39 is 6.10 Å². The third-order valence-electron chi connectivity index (χ3n) is 3.81. The lowest BCUT2D eigenvalue weighted by Crippen LogP contribution is -2.20. The van der Waals surface area contributed by atoms with Gasteiger partial charge in [0.1, 0.15) is 0 Å². The summed E-state index contributed by atoms with van der Waals surface area (Å²) in [4.78, 5) is 2.02. The van der Waals surface area contributed by atoms with Crippen LogP contribution in [-0.4, -0.2) is 30.6 Å². The Hall–Kier alpha value is -1.38. The number of benzene rings is 2. The monoisotopic (exact) mass is 241 g/mol. The van der Waals surface area contributed by atoms with Gasteiger partial charge in [-0.3, -0.25) is 0 Å². The fraction of sp³-hybridized carbons (Fsp3) is 0.375. The summed E-state index contributed by atoms with van der Waals surface area (Å²) < 4.78 is 0. The van der Waals surface area contributed by atoms with Crippen molar-refractivity contribution in [3.8, 4) is 0 Å². The van der Waals surface area contributed by atoms with Crippen LogP contribution in [0.4, 0.5) is 0 Å². The number of aryl methyl sites for hydroxylation is 2. The zero-order chi connectivity index (χ0) is 12.7. The van der Waals surface area contributed by atoms with Gasteiger partial charge < -0.3 is 10.0 Å². The number of hydrogen-bond acceptors (Lipinski definition) is 2. The Morgan fingerprint density at radius 1 is 1.11 bits per heavy atom. The summed E-state index contributed by atoms with van der Waals surface area (Å²) in [5.41, 5.74) is 3.93. The molecule has 0 aliphatic heterocycles. The second-order valence-electron chi connectivity index (χ2n) is 5.43. The van der Waals surface area contributed by atoms with Gasteiger partial charge in [-0.15, -0.1) is 0 Å². The van der Waals surface area contributed by atoms with Gasteiger partial charge in [-0.05, 0) is 54.4 Å². The maximum absolute atomic E-state index is 10.3. The van der Waals surface area contributed by atoms with Gasteiger partial charge in [-0.2, -0.15) is 0 Å². The number of aliphatic hydroxyl groups excluding tert-OH is 1. The third-order valence-corrected chi connectivity index (χ3v) is 3.81. The Balaban J connectivity index is 2.14. The molecule has 0 saturated heterocycles. The molecule has 0 radical (unpaired) electrons. The Morgan fingerprint density at radius 3 is 2.56 bits per heavy atom. The first kappa shape index (κ1) is 11.7. The molecule has 2 nitrogen and oxygen atoms in total. The van der Waals surface area contributed by atoms with Crippen molar-refractivity contribution in [3.05, 3.63) is 47.0 Å². The molecule has 0 aromatic heterocycles. The highest BCUT2D eigenvalue weighted by atomic mass is 16.3. The molecule has 1 N–H and O–H groups in total. The summed E-state index contributed by atoms with van der Waals surface area (Å²) in [7, 11) is 3.98. The zero-order valence-corrected chi connectivity index (χ0v) is 11.0. The van der Waals surface area contributed by atoms with E-state index in [1.165, 1.54) is 21.9 Å².